The number of piperazine rings is 1. The Morgan fingerprint density at radius 1 is 0.930 bits per heavy atom. The molecular weight excluding hydrogens is 549 g/mol. The van der Waals surface area contributed by atoms with Crippen LogP contribution in [0, 0.1) is 17.8 Å². The Morgan fingerprint density at radius 3 is 2.53 bits per heavy atom. The standard InChI is InChI=1S/C33H50FN5O4/c1-36-12-14-38(15-13-36)33(41)23-19-39-25-18-27-21(20-6-2-3-7-26(20)42-27)17-28(25)43-32-29(35-8-11-37-9-4-5-10-37)24(34)16-22(30(32)39)31(23)40/h19-22,24-30,32,35H,2-18H2,1H3. The summed E-state index contributed by atoms with van der Waals surface area (Å²) in [6.45, 7) is 6.67. The lowest BCUT2D eigenvalue weighted by molar-refractivity contribution is -0.209. The molecule has 4 saturated heterocycles. The number of alkyl halides is 1. The predicted molar refractivity (Wildman–Crippen MR) is 159 cm³/mol. The molecule has 11 unspecified atom stereocenters. The van der Waals surface area contributed by atoms with Crippen LogP contribution in [-0.2, 0) is 19.1 Å². The van der Waals surface area contributed by atoms with E-state index in [1.807, 2.05) is 11.1 Å². The summed E-state index contributed by atoms with van der Waals surface area (Å²) in [5, 5.41) is 3.57. The van der Waals surface area contributed by atoms with Crippen molar-refractivity contribution in [3.8, 4) is 0 Å². The van der Waals surface area contributed by atoms with Gasteiger partial charge in [0.1, 0.15) is 6.17 Å². The molecular formula is C33H50FN5O4. The lowest BCUT2D eigenvalue weighted by Gasteiger charge is -2.60. The summed E-state index contributed by atoms with van der Waals surface area (Å²) < 4.78 is 29.9. The highest BCUT2D eigenvalue weighted by atomic mass is 19.1. The molecule has 1 amide bonds. The van der Waals surface area contributed by atoms with E-state index in [-0.39, 0.29) is 48.0 Å². The van der Waals surface area contributed by atoms with Crippen LogP contribution >= 0.6 is 0 Å². The van der Waals surface area contributed by atoms with E-state index in [0.717, 1.165) is 58.5 Å². The number of fused-ring (bicyclic) bond motifs is 5. The number of ketones is 1. The molecule has 3 aliphatic carbocycles. The van der Waals surface area contributed by atoms with Gasteiger partial charge in [0, 0.05) is 51.4 Å². The molecule has 0 spiro atoms. The lowest BCUT2D eigenvalue weighted by atomic mass is 9.67. The second-order valence-electron chi connectivity index (χ2n) is 14.8. The van der Waals surface area contributed by atoms with Gasteiger partial charge in [-0.05, 0) is 76.9 Å². The Kier molecular flexibility index (Phi) is 7.82. The number of morpholine rings is 1. The number of amides is 1. The summed E-state index contributed by atoms with van der Waals surface area (Å²) in [4.78, 5) is 36.7. The molecule has 3 saturated carbocycles. The Hall–Kier alpha value is -1.59. The molecule has 0 radical (unpaired) electrons. The van der Waals surface area contributed by atoms with Crippen LogP contribution in [0.1, 0.15) is 57.8 Å². The molecule has 8 rings (SSSR count). The summed E-state index contributed by atoms with van der Waals surface area (Å²) in [7, 11) is 2.06. The van der Waals surface area contributed by atoms with Crippen molar-refractivity contribution in [3.05, 3.63) is 11.8 Å². The molecule has 8 aliphatic rings. The molecule has 11 atom stereocenters. The van der Waals surface area contributed by atoms with E-state index in [1.165, 1.54) is 32.1 Å². The molecule has 9 nitrogen and oxygen atoms in total. The highest BCUT2D eigenvalue weighted by molar-refractivity contribution is 6.20. The molecule has 0 aromatic carbocycles. The van der Waals surface area contributed by atoms with E-state index in [1.54, 1.807) is 0 Å². The molecule has 1 N–H and O–H groups in total. The average Bonchev–Trinajstić information content (AvgIpc) is 3.66. The zero-order chi connectivity index (χ0) is 29.2. The first-order chi connectivity index (χ1) is 21.0. The van der Waals surface area contributed by atoms with Crippen LogP contribution in [0.4, 0.5) is 4.39 Å². The highest BCUT2D eigenvalue weighted by Gasteiger charge is 2.61. The van der Waals surface area contributed by atoms with Crippen LogP contribution in [0.3, 0.4) is 0 Å². The van der Waals surface area contributed by atoms with Gasteiger partial charge in [-0.15, -0.1) is 0 Å². The van der Waals surface area contributed by atoms with Crippen LogP contribution in [0.15, 0.2) is 11.8 Å². The van der Waals surface area contributed by atoms with Crippen molar-refractivity contribution in [1.82, 2.24) is 24.9 Å². The number of nitrogens with one attached hydrogen (secondary N) is 1. The Morgan fingerprint density at radius 2 is 1.72 bits per heavy atom. The summed E-state index contributed by atoms with van der Waals surface area (Å²) in [5.74, 6) is 0.128. The average molecular weight is 600 g/mol. The molecule has 5 heterocycles. The maximum atomic E-state index is 16.2. The zero-order valence-corrected chi connectivity index (χ0v) is 25.7. The van der Waals surface area contributed by atoms with E-state index < -0.39 is 24.2 Å². The second-order valence-corrected chi connectivity index (χ2v) is 14.8. The first-order valence-corrected chi connectivity index (χ1v) is 17.4. The van der Waals surface area contributed by atoms with Gasteiger partial charge < -0.3 is 34.4 Å². The van der Waals surface area contributed by atoms with Crippen LogP contribution in [0.2, 0.25) is 0 Å². The van der Waals surface area contributed by atoms with Crippen molar-refractivity contribution in [2.45, 2.75) is 107 Å². The third kappa shape index (κ3) is 5.07. The fourth-order valence-corrected chi connectivity index (χ4v) is 10.2. The first-order valence-electron chi connectivity index (χ1n) is 17.4. The third-order valence-electron chi connectivity index (χ3n) is 12.5. The van der Waals surface area contributed by atoms with Gasteiger partial charge in [-0.3, -0.25) is 9.59 Å². The number of Topliss-reactive ketones (excluding diaryl/α,β-unsaturated/α-hetero) is 1. The minimum Gasteiger partial charge on any atom is -0.374 e. The smallest absolute Gasteiger partial charge is 0.259 e. The number of rotatable bonds is 5. The molecule has 43 heavy (non-hydrogen) atoms. The van der Waals surface area contributed by atoms with Gasteiger partial charge in [0.25, 0.3) is 5.91 Å². The van der Waals surface area contributed by atoms with E-state index >= 15 is 4.39 Å². The number of carbonyl (C=O) groups is 2. The normalized spacial score (nSPS) is 44.8. The molecule has 0 aromatic heterocycles. The minimum absolute atomic E-state index is 0.0370. The first kappa shape index (κ1) is 28.9. The Balaban J connectivity index is 1.09. The van der Waals surface area contributed by atoms with Gasteiger partial charge in [0.15, 0.2) is 5.78 Å². The fraction of sp³-hybridized carbons (Fsp3) is 0.879. The van der Waals surface area contributed by atoms with Crippen LogP contribution < -0.4 is 5.32 Å². The maximum absolute atomic E-state index is 16.2. The molecule has 7 fully saturated rings. The molecule has 238 valence electrons. The molecule has 0 bridgehead atoms. The summed E-state index contributed by atoms with van der Waals surface area (Å²) in [5.41, 5.74) is 0.251. The second kappa shape index (κ2) is 11.6. The predicted octanol–water partition coefficient (Wildman–Crippen LogP) is 1.81. The van der Waals surface area contributed by atoms with Crippen molar-refractivity contribution in [2.75, 3.05) is 59.4 Å². The van der Waals surface area contributed by atoms with E-state index in [2.05, 4.69) is 27.1 Å². The van der Waals surface area contributed by atoms with Gasteiger partial charge in [0.2, 0.25) is 0 Å². The van der Waals surface area contributed by atoms with Crippen molar-refractivity contribution < 1.29 is 23.5 Å². The molecule has 10 heteroatoms. The monoisotopic (exact) mass is 599 g/mol. The summed E-state index contributed by atoms with van der Waals surface area (Å²) in [6, 6.07) is -0.673. The van der Waals surface area contributed by atoms with Gasteiger partial charge in [0.05, 0.1) is 48.1 Å². The largest absolute Gasteiger partial charge is 0.374 e. The van der Waals surface area contributed by atoms with Crippen molar-refractivity contribution in [2.24, 2.45) is 17.8 Å². The zero-order valence-electron chi connectivity index (χ0n) is 25.7. The Labute approximate surface area is 255 Å². The van der Waals surface area contributed by atoms with Crippen LogP contribution in [0.25, 0.3) is 0 Å². The number of ether oxygens (including phenoxy) is 2. The van der Waals surface area contributed by atoms with Crippen molar-refractivity contribution in [3.63, 3.8) is 0 Å². The number of hydrogen-bond donors (Lipinski definition) is 1. The minimum atomic E-state index is -1.20. The topological polar surface area (TPSA) is 77.6 Å². The quantitative estimate of drug-likeness (QED) is 0.480. The molecule has 5 aliphatic heterocycles. The highest BCUT2D eigenvalue weighted by Crippen LogP contribution is 2.52. The number of hydrogen-bond acceptors (Lipinski definition) is 8. The SMILES string of the molecule is CN1CCN(C(=O)C2=CN3C4CC5OC6CCCCC6C5CC4OC4C(NCCN5CCCC5)C(F)CC(C2=O)C43)CC1. The van der Waals surface area contributed by atoms with Gasteiger partial charge in [-0.25, -0.2) is 4.39 Å². The summed E-state index contributed by atoms with van der Waals surface area (Å²) in [6.07, 6.45) is 10.0. The van der Waals surface area contributed by atoms with Crippen LogP contribution in [0.5, 0.6) is 0 Å². The number of nitrogens with zero attached hydrogens (tertiary/aromatic N) is 4. The van der Waals surface area contributed by atoms with Gasteiger partial charge >= 0.3 is 0 Å². The van der Waals surface area contributed by atoms with E-state index in [4.69, 9.17) is 9.47 Å². The van der Waals surface area contributed by atoms with Gasteiger partial charge in [-0.2, -0.15) is 0 Å². The number of likely N-dealkylation sites (N-methyl/N-ethyl adjacent to an activating group) is 1. The third-order valence-corrected chi connectivity index (χ3v) is 12.5. The Bertz CT molecular complexity index is 1110. The van der Waals surface area contributed by atoms with Crippen LogP contribution in [-0.4, -0.2) is 139 Å². The van der Waals surface area contributed by atoms with Crippen molar-refractivity contribution >= 4 is 11.7 Å². The fourth-order valence-electron chi connectivity index (χ4n) is 10.2. The summed E-state index contributed by atoms with van der Waals surface area (Å²) >= 11 is 0. The lowest BCUT2D eigenvalue weighted by Crippen LogP contribution is -2.73. The number of halogens is 1. The molecule has 0 aromatic rings. The maximum Gasteiger partial charge on any atom is 0.259 e. The van der Waals surface area contributed by atoms with E-state index in [0.29, 0.717) is 31.0 Å². The number of likely N-dealkylation sites (tertiary alicyclic amines) is 1. The number of carbonyl (C=O) groups excluding carboxylic acids is 2. The van der Waals surface area contributed by atoms with Gasteiger partial charge in [-0.1, -0.05) is 12.8 Å². The van der Waals surface area contributed by atoms with Crippen molar-refractivity contribution in [1.29, 1.82) is 0 Å². The van der Waals surface area contributed by atoms with E-state index in [9.17, 15) is 9.59 Å².